The SMILES string of the molecule is Cn1c2ccccc2c2c3ncncc3c(=O)[nH]c21. The monoisotopic (exact) mass is 250 g/mol. The van der Waals surface area contributed by atoms with E-state index in [1.54, 1.807) is 6.20 Å². The molecule has 0 unspecified atom stereocenters. The van der Waals surface area contributed by atoms with Gasteiger partial charge in [0.15, 0.2) is 0 Å². The van der Waals surface area contributed by atoms with Crippen LogP contribution in [0.3, 0.4) is 0 Å². The number of nitrogens with zero attached hydrogens (tertiary/aromatic N) is 3. The van der Waals surface area contributed by atoms with Crippen molar-refractivity contribution in [2.45, 2.75) is 0 Å². The van der Waals surface area contributed by atoms with E-state index in [4.69, 9.17) is 0 Å². The molecule has 5 heteroatoms. The van der Waals surface area contributed by atoms with Crippen molar-refractivity contribution in [2.24, 2.45) is 7.05 Å². The normalized spacial score (nSPS) is 11.6. The molecule has 0 radical (unpaired) electrons. The standard InChI is InChI=1S/C14H10N4O/c1-18-10-5-3-2-4-8(10)11-12-9(6-15-7-16-12)14(19)17-13(11)18/h2-7H,1H3,(H,17,19). The predicted molar refractivity (Wildman–Crippen MR) is 74.1 cm³/mol. The number of aromatic nitrogens is 4. The highest BCUT2D eigenvalue weighted by molar-refractivity contribution is 6.17. The van der Waals surface area contributed by atoms with Gasteiger partial charge in [-0.25, -0.2) is 9.97 Å². The largest absolute Gasteiger partial charge is 0.330 e. The number of H-pyrrole nitrogens is 1. The molecule has 0 saturated carbocycles. The van der Waals surface area contributed by atoms with Gasteiger partial charge in [-0.05, 0) is 6.07 Å². The summed E-state index contributed by atoms with van der Waals surface area (Å²) >= 11 is 0. The van der Waals surface area contributed by atoms with Crippen molar-refractivity contribution in [3.63, 3.8) is 0 Å². The van der Waals surface area contributed by atoms with Crippen LogP contribution in [0.1, 0.15) is 0 Å². The van der Waals surface area contributed by atoms with Crippen molar-refractivity contribution in [3.05, 3.63) is 47.1 Å². The van der Waals surface area contributed by atoms with Gasteiger partial charge in [-0.3, -0.25) is 4.79 Å². The summed E-state index contributed by atoms with van der Waals surface area (Å²) in [4.78, 5) is 23.2. The lowest BCUT2D eigenvalue weighted by Crippen LogP contribution is -2.08. The zero-order valence-corrected chi connectivity index (χ0v) is 10.2. The van der Waals surface area contributed by atoms with Crippen LogP contribution < -0.4 is 5.56 Å². The smallest absolute Gasteiger partial charge is 0.260 e. The van der Waals surface area contributed by atoms with E-state index < -0.39 is 0 Å². The van der Waals surface area contributed by atoms with E-state index in [0.29, 0.717) is 10.9 Å². The number of aryl methyl sites for hydroxylation is 1. The zero-order chi connectivity index (χ0) is 13.0. The summed E-state index contributed by atoms with van der Waals surface area (Å²) in [6, 6.07) is 8.04. The van der Waals surface area contributed by atoms with E-state index in [2.05, 4.69) is 15.0 Å². The van der Waals surface area contributed by atoms with Gasteiger partial charge in [-0.15, -0.1) is 0 Å². The molecule has 3 aromatic heterocycles. The van der Waals surface area contributed by atoms with Gasteiger partial charge >= 0.3 is 0 Å². The number of nitrogens with one attached hydrogen (secondary N) is 1. The van der Waals surface area contributed by atoms with Gasteiger partial charge in [0.2, 0.25) is 0 Å². The van der Waals surface area contributed by atoms with E-state index >= 15 is 0 Å². The van der Waals surface area contributed by atoms with Crippen molar-refractivity contribution in [3.8, 4) is 0 Å². The summed E-state index contributed by atoms with van der Waals surface area (Å²) in [6.07, 6.45) is 3.03. The topological polar surface area (TPSA) is 63.6 Å². The average molecular weight is 250 g/mol. The Hall–Kier alpha value is -2.69. The van der Waals surface area contributed by atoms with Gasteiger partial charge < -0.3 is 9.55 Å². The minimum atomic E-state index is -0.158. The highest BCUT2D eigenvalue weighted by Gasteiger charge is 2.14. The molecule has 4 rings (SSSR count). The number of pyridine rings is 1. The van der Waals surface area contributed by atoms with Gasteiger partial charge in [0.25, 0.3) is 5.56 Å². The first-order chi connectivity index (χ1) is 9.27. The Morgan fingerprint density at radius 1 is 1.21 bits per heavy atom. The van der Waals surface area contributed by atoms with Crippen LogP contribution in [0.4, 0.5) is 0 Å². The molecule has 0 amide bonds. The summed E-state index contributed by atoms with van der Waals surface area (Å²) < 4.78 is 1.98. The lowest BCUT2D eigenvalue weighted by atomic mass is 10.1. The fourth-order valence-electron chi connectivity index (χ4n) is 2.65. The van der Waals surface area contributed by atoms with Crippen LogP contribution in [0.2, 0.25) is 0 Å². The van der Waals surface area contributed by atoms with E-state index in [1.165, 1.54) is 6.33 Å². The third kappa shape index (κ3) is 1.21. The van der Waals surface area contributed by atoms with Crippen LogP contribution in [0, 0.1) is 0 Å². The first kappa shape index (κ1) is 10.3. The number of fused-ring (bicyclic) bond motifs is 5. The Bertz CT molecular complexity index is 997. The Morgan fingerprint density at radius 3 is 2.95 bits per heavy atom. The van der Waals surface area contributed by atoms with Gasteiger partial charge in [0, 0.05) is 18.6 Å². The Balaban J connectivity index is 2.47. The van der Waals surface area contributed by atoms with Gasteiger partial charge in [0.05, 0.1) is 21.8 Å². The predicted octanol–water partition coefficient (Wildman–Crippen LogP) is 1.96. The van der Waals surface area contributed by atoms with E-state index in [0.717, 1.165) is 21.9 Å². The Morgan fingerprint density at radius 2 is 2.05 bits per heavy atom. The number of aromatic amines is 1. The summed E-state index contributed by atoms with van der Waals surface area (Å²) in [5.74, 6) is 0. The molecule has 5 nitrogen and oxygen atoms in total. The number of rotatable bonds is 0. The molecule has 0 aliphatic heterocycles. The van der Waals surface area contributed by atoms with Crippen molar-refractivity contribution in [1.82, 2.24) is 19.5 Å². The molecule has 0 bridgehead atoms. The van der Waals surface area contributed by atoms with Crippen LogP contribution >= 0.6 is 0 Å². The van der Waals surface area contributed by atoms with Crippen molar-refractivity contribution in [2.75, 3.05) is 0 Å². The minimum Gasteiger partial charge on any atom is -0.330 e. The maximum absolute atomic E-state index is 12.1. The molecule has 92 valence electrons. The maximum atomic E-state index is 12.1. The third-order valence-corrected chi connectivity index (χ3v) is 3.53. The number of para-hydroxylation sites is 1. The number of hydrogen-bond acceptors (Lipinski definition) is 3. The molecule has 0 spiro atoms. The Labute approximate surface area is 107 Å². The highest BCUT2D eigenvalue weighted by atomic mass is 16.1. The van der Waals surface area contributed by atoms with Gasteiger partial charge in [0.1, 0.15) is 12.0 Å². The first-order valence-corrected chi connectivity index (χ1v) is 5.96. The third-order valence-electron chi connectivity index (χ3n) is 3.53. The molecule has 0 saturated heterocycles. The van der Waals surface area contributed by atoms with Crippen LogP contribution in [0.25, 0.3) is 32.8 Å². The lowest BCUT2D eigenvalue weighted by Gasteiger charge is -1.99. The quantitative estimate of drug-likeness (QED) is 0.519. The molecule has 0 aliphatic rings. The van der Waals surface area contributed by atoms with Crippen LogP contribution in [0.15, 0.2) is 41.6 Å². The molecule has 0 atom stereocenters. The molecule has 1 N–H and O–H groups in total. The van der Waals surface area contributed by atoms with Crippen LogP contribution in [0.5, 0.6) is 0 Å². The summed E-state index contributed by atoms with van der Waals surface area (Å²) in [7, 11) is 1.94. The summed E-state index contributed by atoms with van der Waals surface area (Å²) in [5.41, 5.74) is 2.40. The molecular formula is C14H10N4O. The number of hydrogen-bond donors (Lipinski definition) is 1. The molecular weight excluding hydrogens is 240 g/mol. The number of benzene rings is 1. The molecule has 0 fully saturated rings. The minimum absolute atomic E-state index is 0.158. The fourth-order valence-corrected chi connectivity index (χ4v) is 2.65. The molecule has 4 aromatic rings. The van der Waals surface area contributed by atoms with E-state index in [9.17, 15) is 4.79 Å². The van der Waals surface area contributed by atoms with Crippen molar-refractivity contribution >= 4 is 32.8 Å². The Kier molecular flexibility index (Phi) is 1.84. The van der Waals surface area contributed by atoms with E-state index in [1.807, 2.05) is 35.9 Å². The van der Waals surface area contributed by atoms with Gasteiger partial charge in [-0.2, -0.15) is 0 Å². The summed E-state index contributed by atoms with van der Waals surface area (Å²) in [6.45, 7) is 0. The van der Waals surface area contributed by atoms with E-state index in [-0.39, 0.29) is 5.56 Å². The molecule has 19 heavy (non-hydrogen) atoms. The second-order valence-electron chi connectivity index (χ2n) is 4.54. The zero-order valence-electron chi connectivity index (χ0n) is 10.2. The van der Waals surface area contributed by atoms with Crippen LogP contribution in [-0.2, 0) is 7.05 Å². The molecule has 3 heterocycles. The first-order valence-electron chi connectivity index (χ1n) is 5.96. The highest BCUT2D eigenvalue weighted by Crippen LogP contribution is 2.29. The summed E-state index contributed by atoms with van der Waals surface area (Å²) in [5, 5.41) is 2.57. The lowest BCUT2D eigenvalue weighted by molar-refractivity contribution is 0.985. The maximum Gasteiger partial charge on any atom is 0.260 e. The fraction of sp³-hybridized carbons (Fsp3) is 0.0714. The second kappa shape index (κ2) is 3.41. The average Bonchev–Trinajstić information content (AvgIpc) is 2.73. The molecule has 1 aromatic carbocycles. The van der Waals surface area contributed by atoms with Gasteiger partial charge in [-0.1, -0.05) is 18.2 Å². The van der Waals surface area contributed by atoms with Crippen LogP contribution in [-0.4, -0.2) is 19.5 Å². The van der Waals surface area contributed by atoms with Crippen molar-refractivity contribution < 1.29 is 0 Å². The second-order valence-corrected chi connectivity index (χ2v) is 4.54. The van der Waals surface area contributed by atoms with Crippen molar-refractivity contribution in [1.29, 1.82) is 0 Å². The molecule has 0 aliphatic carbocycles.